The highest BCUT2D eigenvalue weighted by Gasteiger charge is 2.10. The van der Waals surface area contributed by atoms with Crippen molar-refractivity contribution in [3.8, 4) is 11.5 Å². The number of benzene rings is 2. The van der Waals surface area contributed by atoms with Gasteiger partial charge in [0.05, 0.1) is 6.61 Å². The Bertz CT molecular complexity index is 728. The van der Waals surface area contributed by atoms with Gasteiger partial charge in [0.1, 0.15) is 11.5 Å². The van der Waals surface area contributed by atoms with Gasteiger partial charge < -0.3 is 19.7 Å². The SMILES string of the molecule is O=S(=O)(O)Oc1cc(O)c2cc(NCCO)ccc2c1. The van der Waals surface area contributed by atoms with Crippen molar-refractivity contribution in [2.75, 3.05) is 18.5 Å². The van der Waals surface area contributed by atoms with Crippen molar-refractivity contribution in [1.82, 2.24) is 0 Å². The number of phenols is 1. The maximum atomic E-state index is 10.6. The molecule has 7 nitrogen and oxygen atoms in total. The van der Waals surface area contributed by atoms with E-state index in [0.29, 0.717) is 23.0 Å². The van der Waals surface area contributed by atoms with E-state index in [9.17, 15) is 13.5 Å². The molecular formula is C12H13NO6S. The second kappa shape index (κ2) is 5.53. The molecule has 0 saturated carbocycles. The third-order valence-corrected chi connectivity index (χ3v) is 2.95. The van der Waals surface area contributed by atoms with E-state index >= 15 is 0 Å². The normalized spacial score (nSPS) is 11.5. The van der Waals surface area contributed by atoms with Gasteiger partial charge in [0.25, 0.3) is 0 Å². The van der Waals surface area contributed by atoms with E-state index in [0.717, 1.165) is 6.07 Å². The average molecular weight is 299 g/mol. The van der Waals surface area contributed by atoms with E-state index < -0.39 is 10.4 Å². The van der Waals surface area contributed by atoms with Crippen molar-refractivity contribution in [2.24, 2.45) is 0 Å². The fraction of sp³-hybridized carbons (Fsp3) is 0.167. The summed E-state index contributed by atoms with van der Waals surface area (Å²) < 4.78 is 34.2. The van der Waals surface area contributed by atoms with Gasteiger partial charge in [-0.25, -0.2) is 0 Å². The Kier molecular flexibility index (Phi) is 3.98. The first-order valence-corrected chi connectivity index (χ1v) is 7.04. The Hall–Kier alpha value is -2.03. The molecule has 0 spiro atoms. The first-order valence-electron chi connectivity index (χ1n) is 5.67. The number of aromatic hydroxyl groups is 1. The van der Waals surface area contributed by atoms with Crippen LogP contribution in [0.1, 0.15) is 0 Å². The maximum absolute atomic E-state index is 10.6. The largest absolute Gasteiger partial charge is 0.507 e. The van der Waals surface area contributed by atoms with Crippen LogP contribution in [0.5, 0.6) is 11.5 Å². The molecule has 108 valence electrons. The minimum Gasteiger partial charge on any atom is -0.507 e. The molecule has 0 bridgehead atoms. The average Bonchev–Trinajstić information content (AvgIpc) is 2.34. The summed E-state index contributed by atoms with van der Waals surface area (Å²) in [5, 5.41) is 22.6. The van der Waals surface area contributed by atoms with Crippen LogP contribution in [0.2, 0.25) is 0 Å². The summed E-state index contributed by atoms with van der Waals surface area (Å²) in [4.78, 5) is 0. The lowest BCUT2D eigenvalue weighted by Crippen LogP contribution is -2.06. The fourth-order valence-electron chi connectivity index (χ4n) is 1.79. The van der Waals surface area contributed by atoms with Crippen molar-refractivity contribution in [2.45, 2.75) is 0 Å². The highest BCUT2D eigenvalue weighted by Crippen LogP contribution is 2.32. The Morgan fingerprint density at radius 3 is 2.60 bits per heavy atom. The van der Waals surface area contributed by atoms with Crippen molar-refractivity contribution >= 4 is 26.9 Å². The van der Waals surface area contributed by atoms with Gasteiger partial charge in [-0.2, -0.15) is 8.42 Å². The smallest absolute Gasteiger partial charge is 0.446 e. The fourth-order valence-corrected chi connectivity index (χ4v) is 2.13. The first kappa shape index (κ1) is 14.4. The van der Waals surface area contributed by atoms with Gasteiger partial charge in [0.2, 0.25) is 0 Å². The van der Waals surface area contributed by atoms with Crippen LogP contribution in [0.25, 0.3) is 10.8 Å². The van der Waals surface area contributed by atoms with Gasteiger partial charge in [-0.15, -0.1) is 0 Å². The van der Waals surface area contributed by atoms with Crippen LogP contribution in [0.4, 0.5) is 5.69 Å². The molecule has 0 aliphatic rings. The topological polar surface area (TPSA) is 116 Å². The van der Waals surface area contributed by atoms with Crippen LogP contribution < -0.4 is 9.50 Å². The lowest BCUT2D eigenvalue weighted by Gasteiger charge is -2.09. The molecule has 0 heterocycles. The highest BCUT2D eigenvalue weighted by molar-refractivity contribution is 7.81. The molecule has 0 atom stereocenters. The number of anilines is 1. The molecule has 2 aromatic rings. The molecule has 0 aromatic heterocycles. The van der Waals surface area contributed by atoms with Gasteiger partial charge in [0.15, 0.2) is 0 Å². The number of phenolic OH excluding ortho intramolecular Hbond substituents is 1. The molecule has 0 fully saturated rings. The van der Waals surface area contributed by atoms with E-state index in [2.05, 4.69) is 9.50 Å². The monoisotopic (exact) mass is 299 g/mol. The molecule has 0 saturated heterocycles. The molecule has 0 unspecified atom stereocenters. The Morgan fingerprint density at radius 1 is 1.20 bits per heavy atom. The summed E-state index contributed by atoms with van der Waals surface area (Å²) in [6.45, 7) is 0.349. The number of nitrogens with one attached hydrogen (secondary N) is 1. The summed E-state index contributed by atoms with van der Waals surface area (Å²) in [6, 6.07) is 7.46. The number of rotatable bonds is 5. The number of hydrogen-bond acceptors (Lipinski definition) is 6. The van der Waals surface area contributed by atoms with Crippen molar-refractivity contribution in [3.63, 3.8) is 0 Å². The highest BCUT2D eigenvalue weighted by atomic mass is 32.3. The number of hydrogen-bond donors (Lipinski definition) is 4. The molecule has 8 heteroatoms. The van der Waals surface area contributed by atoms with E-state index in [1.165, 1.54) is 6.07 Å². The number of fused-ring (bicyclic) bond motifs is 1. The van der Waals surface area contributed by atoms with E-state index in [1.54, 1.807) is 18.2 Å². The zero-order valence-corrected chi connectivity index (χ0v) is 11.1. The second-order valence-corrected chi connectivity index (χ2v) is 5.06. The maximum Gasteiger partial charge on any atom is 0.446 e. The van der Waals surface area contributed by atoms with Gasteiger partial charge >= 0.3 is 10.4 Å². The minimum absolute atomic E-state index is 0.0227. The van der Waals surface area contributed by atoms with Gasteiger partial charge in [0, 0.05) is 23.7 Å². The van der Waals surface area contributed by atoms with Crippen molar-refractivity contribution in [1.29, 1.82) is 0 Å². The summed E-state index contributed by atoms with van der Waals surface area (Å²) >= 11 is 0. The molecule has 0 radical (unpaired) electrons. The summed E-state index contributed by atoms with van der Waals surface area (Å²) in [5.74, 6) is -0.373. The van der Waals surface area contributed by atoms with Gasteiger partial charge in [-0.3, -0.25) is 4.55 Å². The van der Waals surface area contributed by atoms with Crippen LogP contribution >= 0.6 is 0 Å². The van der Waals surface area contributed by atoms with Gasteiger partial charge in [-0.1, -0.05) is 6.07 Å². The molecule has 0 aliphatic carbocycles. The first-order chi connectivity index (χ1) is 9.39. The lowest BCUT2D eigenvalue weighted by molar-refractivity contribution is 0.311. The quantitative estimate of drug-likeness (QED) is 0.611. The predicted molar refractivity (Wildman–Crippen MR) is 73.4 cm³/mol. The molecule has 20 heavy (non-hydrogen) atoms. The second-order valence-electron chi connectivity index (χ2n) is 4.04. The minimum atomic E-state index is -4.63. The standard InChI is InChI=1S/C12H13NO6S/c14-4-3-13-9-2-1-8-5-10(19-20(16,17)18)7-12(15)11(8)6-9/h1-2,5-7,13-15H,3-4H2,(H,16,17,18). The van der Waals surface area contributed by atoms with Crippen LogP contribution in [0, 0.1) is 0 Å². The molecule has 0 amide bonds. The number of aliphatic hydroxyl groups is 1. The zero-order valence-electron chi connectivity index (χ0n) is 10.3. The molecule has 0 aliphatic heterocycles. The van der Waals surface area contributed by atoms with E-state index in [-0.39, 0.29) is 18.1 Å². The summed E-state index contributed by atoms with van der Waals surface area (Å²) in [7, 11) is -4.63. The van der Waals surface area contributed by atoms with Crippen LogP contribution in [-0.4, -0.2) is 36.3 Å². The third kappa shape index (κ3) is 3.50. The Labute approximate surface area is 115 Å². The van der Waals surface area contributed by atoms with E-state index in [1.807, 2.05) is 0 Å². The van der Waals surface area contributed by atoms with E-state index in [4.69, 9.17) is 9.66 Å². The van der Waals surface area contributed by atoms with Gasteiger partial charge in [-0.05, 0) is 23.6 Å². The Morgan fingerprint density at radius 2 is 1.95 bits per heavy atom. The molecule has 2 rings (SSSR count). The van der Waals surface area contributed by atoms with Crippen LogP contribution in [0.15, 0.2) is 30.3 Å². The van der Waals surface area contributed by atoms with Crippen LogP contribution in [-0.2, 0) is 10.4 Å². The summed E-state index contributed by atoms with van der Waals surface area (Å²) in [5.41, 5.74) is 0.699. The van der Waals surface area contributed by atoms with Crippen LogP contribution in [0.3, 0.4) is 0 Å². The summed E-state index contributed by atoms with van der Waals surface area (Å²) in [6.07, 6.45) is 0. The Balaban J connectivity index is 2.41. The zero-order chi connectivity index (χ0) is 14.8. The number of aliphatic hydroxyl groups excluding tert-OH is 1. The van der Waals surface area contributed by atoms with Crippen molar-refractivity contribution in [3.05, 3.63) is 30.3 Å². The third-order valence-electron chi connectivity index (χ3n) is 2.55. The predicted octanol–water partition coefficient (Wildman–Crippen LogP) is 1.13. The molecule has 4 N–H and O–H groups in total. The molecular weight excluding hydrogens is 286 g/mol. The lowest BCUT2D eigenvalue weighted by atomic mass is 10.1. The molecule has 2 aromatic carbocycles. The van der Waals surface area contributed by atoms with Crippen molar-refractivity contribution < 1.29 is 27.4 Å².